The molecule has 24 heavy (non-hydrogen) atoms. The van der Waals surface area contributed by atoms with E-state index in [1.807, 2.05) is 0 Å². The van der Waals surface area contributed by atoms with Crippen molar-refractivity contribution in [2.24, 2.45) is 0 Å². The van der Waals surface area contributed by atoms with Gasteiger partial charge in [0.1, 0.15) is 12.4 Å². The first kappa shape index (κ1) is 15.8. The number of ether oxygens (including phenoxy) is 3. The van der Waals surface area contributed by atoms with Crippen molar-refractivity contribution in [3.63, 3.8) is 0 Å². The summed E-state index contributed by atoms with van der Waals surface area (Å²) in [5.74, 6) is -1.35. The number of rotatable bonds is 3. The van der Waals surface area contributed by atoms with E-state index in [0.29, 0.717) is 16.7 Å². The molecule has 0 radical (unpaired) electrons. The van der Waals surface area contributed by atoms with Gasteiger partial charge < -0.3 is 29.1 Å². The van der Waals surface area contributed by atoms with Crippen molar-refractivity contribution in [3.05, 3.63) is 40.0 Å². The third kappa shape index (κ3) is 2.65. The first-order valence-electron chi connectivity index (χ1n) is 7.02. The van der Waals surface area contributed by atoms with E-state index in [1.165, 1.54) is 19.1 Å². The van der Waals surface area contributed by atoms with Crippen molar-refractivity contribution in [2.75, 3.05) is 32.5 Å². The van der Waals surface area contributed by atoms with Gasteiger partial charge in [0.25, 0.3) is 0 Å². The number of nitrogens with one attached hydrogen (secondary N) is 2. The van der Waals surface area contributed by atoms with Crippen LogP contribution in [0.1, 0.15) is 0 Å². The normalized spacial score (nSPS) is 14.8. The molecule has 2 aromatic rings. The third-order valence-corrected chi connectivity index (χ3v) is 3.64. The molecule has 9 heteroatoms. The van der Waals surface area contributed by atoms with Gasteiger partial charge in [-0.05, 0) is 18.2 Å². The summed E-state index contributed by atoms with van der Waals surface area (Å²) < 4.78 is 14.9. The van der Waals surface area contributed by atoms with Crippen LogP contribution in [0.25, 0.3) is 11.0 Å². The maximum Gasteiger partial charge on any atom is 0.355 e. The Balaban J connectivity index is 2.13. The smallest absolute Gasteiger partial charge is 0.355 e. The van der Waals surface area contributed by atoms with Crippen LogP contribution in [-0.2, 0) is 23.8 Å². The van der Waals surface area contributed by atoms with Gasteiger partial charge in [-0.1, -0.05) is 0 Å². The van der Waals surface area contributed by atoms with Crippen molar-refractivity contribution >= 4 is 28.7 Å². The molecule has 1 aromatic heterocycles. The van der Waals surface area contributed by atoms with Crippen molar-refractivity contribution < 1.29 is 23.8 Å². The van der Waals surface area contributed by atoms with Gasteiger partial charge in [0.15, 0.2) is 0 Å². The number of H-pyrrole nitrogens is 2. The number of fused-ring (bicyclic) bond motifs is 1. The third-order valence-electron chi connectivity index (χ3n) is 3.64. The summed E-state index contributed by atoms with van der Waals surface area (Å²) in [5.41, 5.74) is 1.52. The van der Waals surface area contributed by atoms with Crippen molar-refractivity contribution in [2.45, 2.75) is 0 Å². The number of anilines is 1. The molecule has 0 saturated heterocycles. The lowest BCUT2D eigenvalue weighted by Crippen LogP contribution is -2.38. The molecule has 1 aliphatic rings. The second-order valence-electron chi connectivity index (χ2n) is 5.02. The maximum absolute atomic E-state index is 12.2. The molecular weight excluding hydrogens is 318 g/mol. The lowest BCUT2D eigenvalue weighted by atomic mass is 10.1. The second-order valence-corrected chi connectivity index (χ2v) is 5.02. The SMILES string of the molecule is COC(=O)C1=C(C(=O)OC)N(c2ccc3[nH]c(=O)[nH]c3c2)COC1. The Morgan fingerprint density at radius 3 is 2.54 bits per heavy atom. The van der Waals surface area contributed by atoms with E-state index in [0.717, 1.165) is 0 Å². The van der Waals surface area contributed by atoms with Gasteiger partial charge in [-0.15, -0.1) is 0 Å². The number of nitrogens with zero attached hydrogens (tertiary/aromatic N) is 1. The molecule has 0 saturated carbocycles. The van der Waals surface area contributed by atoms with E-state index in [4.69, 9.17) is 14.2 Å². The molecule has 126 valence electrons. The summed E-state index contributed by atoms with van der Waals surface area (Å²) in [6.07, 6.45) is 0. The fourth-order valence-electron chi connectivity index (χ4n) is 2.54. The monoisotopic (exact) mass is 333 g/mol. The number of carbonyl (C=O) groups is 2. The van der Waals surface area contributed by atoms with Crippen LogP contribution in [-0.4, -0.2) is 49.5 Å². The van der Waals surface area contributed by atoms with E-state index in [-0.39, 0.29) is 30.3 Å². The quantitative estimate of drug-likeness (QED) is 0.774. The highest BCUT2D eigenvalue weighted by Gasteiger charge is 2.32. The number of hydrogen-bond donors (Lipinski definition) is 2. The molecule has 0 amide bonds. The molecular formula is C15H15N3O6. The fraction of sp³-hybridized carbons (Fsp3) is 0.267. The van der Waals surface area contributed by atoms with Gasteiger partial charge in [-0.25, -0.2) is 14.4 Å². The average molecular weight is 333 g/mol. The van der Waals surface area contributed by atoms with Crippen LogP contribution in [0.3, 0.4) is 0 Å². The summed E-state index contributed by atoms with van der Waals surface area (Å²) >= 11 is 0. The number of imidazole rings is 1. The highest BCUT2D eigenvalue weighted by atomic mass is 16.5. The van der Waals surface area contributed by atoms with Gasteiger partial charge in [-0.3, -0.25) is 0 Å². The number of hydrogen-bond acceptors (Lipinski definition) is 7. The number of benzene rings is 1. The molecule has 1 aliphatic heterocycles. The van der Waals surface area contributed by atoms with E-state index >= 15 is 0 Å². The summed E-state index contributed by atoms with van der Waals surface area (Å²) in [7, 11) is 2.45. The van der Waals surface area contributed by atoms with Crippen LogP contribution in [0.15, 0.2) is 34.3 Å². The Morgan fingerprint density at radius 1 is 1.12 bits per heavy atom. The zero-order valence-electron chi connectivity index (χ0n) is 13.0. The lowest BCUT2D eigenvalue weighted by molar-refractivity contribution is -0.140. The van der Waals surface area contributed by atoms with Crippen molar-refractivity contribution in [1.82, 2.24) is 9.97 Å². The van der Waals surface area contributed by atoms with E-state index < -0.39 is 11.9 Å². The van der Waals surface area contributed by atoms with Gasteiger partial charge in [0, 0.05) is 5.69 Å². The summed E-state index contributed by atoms with van der Waals surface area (Å²) in [6, 6.07) is 5.04. The van der Waals surface area contributed by atoms with E-state index in [1.54, 1.807) is 18.2 Å². The first-order chi connectivity index (χ1) is 11.5. The highest BCUT2D eigenvalue weighted by Crippen LogP contribution is 2.28. The predicted octanol–water partition coefficient (Wildman–Crippen LogP) is 0.250. The number of carbonyl (C=O) groups excluding carboxylic acids is 2. The van der Waals surface area contributed by atoms with Crippen LogP contribution in [0.5, 0.6) is 0 Å². The van der Waals surface area contributed by atoms with Crippen LogP contribution >= 0.6 is 0 Å². The van der Waals surface area contributed by atoms with Gasteiger partial charge in [0.05, 0.1) is 37.4 Å². The Hall–Kier alpha value is -3.07. The van der Waals surface area contributed by atoms with Gasteiger partial charge in [-0.2, -0.15) is 0 Å². The molecule has 9 nitrogen and oxygen atoms in total. The standard InChI is InChI=1S/C15H15N3O6/c1-22-13(19)9-6-24-7-18(12(9)14(20)23-2)8-3-4-10-11(5-8)17-15(21)16-10/h3-5H,6-7H2,1-2H3,(H2,16,17,21). The first-order valence-corrected chi connectivity index (χ1v) is 7.02. The Labute approximate surface area is 135 Å². The number of methoxy groups -OCH3 is 2. The number of aromatic nitrogens is 2. The van der Waals surface area contributed by atoms with Crippen LogP contribution in [0.4, 0.5) is 5.69 Å². The lowest BCUT2D eigenvalue weighted by Gasteiger charge is -2.31. The second kappa shape index (κ2) is 6.20. The van der Waals surface area contributed by atoms with Gasteiger partial charge >= 0.3 is 17.6 Å². The molecule has 0 bridgehead atoms. The minimum atomic E-state index is -0.679. The summed E-state index contributed by atoms with van der Waals surface area (Å²) in [4.78, 5) is 42.3. The number of aromatic amines is 2. The molecule has 0 spiro atoms. The summed E-state index contributed by atoms with van der Waals surface area (Å²) in [6.45, 7) is -0.0120. The minimum absolute atomic E-state index is 0.0467. The zero-order valence-corrected chi connectivity index (χ0v) is 13.0. The molecule has 0 fully saturated rings. The molecule has 0 atom stereocenters. The molecule has 2 heterocycles. The van der Waals surface area contributed by atoms with E-state index in [2.05, 4.69) is 9.97 Å². The van der Waals surface area contributed by atoms with Crippen LogP contribution in [0, 0.1) is 0 Å². The highest BCUT2D eigenvalue weighted by molar-refractivity contribution is 6.03. The summed E-state index contributed by atoms with van der Waals surface area (Å²) in [5, 5.41) is 0. The number of esters is 2. The topological polar surface area (TPSA) is 114 Å². The fourth-order valence-corrected chi connectivity index (χ4v) is 2.54. The van der Waals surface area contributed by atoms with Crippen LogP contribution in [0.2, 0.25) is 0 Å². The van der Waals surface area contributed by atoms with Crippen molar-refractivity contribution in [3.8, 4) is 0 Å². The average Bonchev–Trinajstić information content (AvgIpc) is 2.98. The van der Waals surface area contributed by atoms with Crippen LogP contribution < -0.4 is 10.6 Å². The van der Waals surface area contributed by atoms with E-state index in [9.17, 15) is 14.4 Å². The molecule has 1 aromatic carbocycles. The predicted molar refractivity (Wildman–Crippen MR) is 83.3 cm³/mol. The molecule has 0 unspecified atom stereocenters. The Kier molecular flexibility index (Phi) is 4.09. The molecule has 3 rings (SSSR count). The van der Waals surface area contributed by atoms with Crippen molar-refractivity contribution in [1.29, 1.82) is 0 Å². The Morgan fingerprint density at radius 2 is 1.83 bits per heavy atom. The molecule has 2 N–H and O–H groups in total. The molecule has 0 aliphatic carbocycles. The largest absolute Gasteiger partial charge is 0.466 e. The van der Waals surface area contributed by atoms with Gasteiger partial charge in [0.2, 0.25) is 0 Å². The zero-order chi connectivity index (χ0) is 17.3. The minimum Gasteiger partial charge on any atom is -0.466 e. The Bertz CT molecular complexity index is 894. The maximum atomic E-state index is 12.2.